The number of thioether (sulfide) groups is 1. The fourth-order valence-corrected chi connectivity index (χ4v) is 2.40. The third-order valence-corrected chi connectivity index (χ3v) is 3.86. The Morgan fingerprint density at radius 3 is 2.67 bits per heavy atom. The van der Waals surface area contributed by atoms with Crippen LogP contribution in [0.2, 0.25) is 0 Å². The summed E-state index contributed by atoms with van der Waals surface area (Å²) in [4.78, 5) is 34.3. The molecule has 2 N–H and O–H groups in total. The van der Waals surface area contributed by atoms with Gasteiger partial charge in [0.25, 0.3) is 0 Å². The molecular formula is C18H21NO4S. The first-order valence-corrected chi connectivity index (χ1v) is 8.44. The summed E-state index contributed by atoms with van der Waals surface area (Å²) in [5, 5.41) is 11.7. The second-order valence-corrected chi connectivity index (χ2v) is 6.26. The standard InChI is InChI=1S/C18H21NO4S/c1-13(5-3-6-15-7-4-8-16(21)11-15)17(22)12-18(23)24-10-9-19-14(2)20/h3-8,11,21H,9-10,12H2,1-2H3,(H,19,20)/b6-3+,13-5+. The fourth-order valence-electron chi connectivity index (χ4n) is 1.74. The van der Waals surface area contributed by atoms with Crippen LogP contribution in [0.15, 0.2) is 42.0 Å². The van der Waals surface area contributed by atoms with Crippen molar-refractivity contribution in [2.24, 2.45) is 0 Å². The number of carbonyl (C=O) groups excluding carboxylic acids is 3. The van der Waals surface area contributed by atoms with Crippen molar-refractivity contribution in [2.75, 3.05) is 12.3 Å². The van der Waals surface area contributed by atoms with Crippen molar-refractivity contribution < 1.29 is 19.5 Å². The van der Waals surface area contributed by atoms with E-state index in [1.54, 1.807) is 43.4 Å². The van der Waals surface area contributed by atoms with E-state index >= 15 is 0 Å². The number of allylic oxidation sites excluding steroid dienone is 3. The smallest absolute Gasteiger partial charge is 0.216 e. The molecule has 0 saturated heterocycles. The Morgan fingerprint density at radius 1 is 1.25 bits per heavy atom. The summed E-state index contributed by atoms with van der Waals surface area (Å²) >= 11 is 1.04. The Kier molecular flexibility index (Phi) is 8.57. The van der Waals surface area contributed by atoms with Crippen LogP contribution in [0.5, 0.6) is 5.75 Å². The Morgan fingerprint density at radius 2 is 2.00 bits per heavy atom. The summed E-state index contributed by atoms with van der Waals surface area (Å²) in [6.45, 7) is 3.47. The van der Waals surface area contributed by atoms with Gasteiger partial charge >= 0.3 is 0 Å². The van der Waals surface area contributed by atoms with Gasteiger partial charge in [0.05, 0.1) is 6.42 Å². The van der Waals surface area contributed by atoms with E-state index < -0.39 is 0 Å². The first-order chi connectivity index (χ1) is 11.4. The highest BCUT2D eigenvalue weighted by molar-refractivity contribution is 8.13. The maximum absolute atomic E-state index is 11.9. The van der Waals surface area contributed by atoms with E-state index in [-0.39, 0.29) is 29.0 Å². The maximum atomic E-state index is 11.9. The van der Waals surface area contributed by atoms with Crippen LogP contribution in [-0.4, -0.2) is 34.2 Å². The van der Waals surface area contributed by atoms with Crippen molar-refractivity contribution in [2.45, 2.75) is 20.3 Å². The lowest BCUT2D eigenvalue weighted by Crippen LogP contribution is -2.23. The molecule has 0 unspecified atom stereocenters. The molecule has 0 fully saturated rings. The molecule has 0 atom stereocenters. The molecule has 0 radical (unpaired) electrons. The molecule has 128 valence electrons. The molecule has 1 amide bonds. The molecule has 24 heavy (non-hydrogen) atoms. The topological polar surface area (TPSA) is 83.5 Å². The van der Waals surface area contributed by atoms with E-state index in [4.69, 9.17) is 0 Å². The summed E-state index contributed by atoms with van der Waals surface area (Å²) in [5.74, 6) is 0.256. The summed E-state index contributed by atoms with van der Waals surface area (Å²) in [6, 6.07) is 6.75. The normalized spacial score (nSPS) is 11.5. The number of ketones is 1. The second-order valence-electron chi connectivity index (χ2n) is 5.11. The van der Waals surface area contributed by atoms with Crippen molar-refractivity contribution in [1.29, 1.82) is 0 Å². The number of hydrogen-bond acceptors (Lipinski definition) is 5. The SMILES string of the molecule is CC(=O)NCCSC(=O)CC(=O)/C(C)=C/C=C/c1cccc(O)c1. The maximum Gasteiger partial charge on any atom is 0.216 e. The van der Waals surface area contributed by atoms with Crippen LogP contribution < -0.4 is 5.32 Å². The van der Waals surface area contributed by atoms with Crippen molar-refractivity contribution in [1.82, 2.24) is 5.32 Å². The van der Waals surface area contributed by atoms with Crippen LogP contribution in [-0.2, 0) is 14.4 Å². The summed E-state index contributed by atoms with van der Waals surface area (Å²) in [6.07, 6.45) is 4.95. The minimum absolute atomic E-state index is 0.142. The molecule has 0 heterocycles. The number of Topliss-reactive ketones (excluding diaryl/α,β-unsaturated/α-hetero) is 1. The molecule has 0 spiro atoms. The zero-order valence-corrected chi connectivity index (χ0v) is 14.6. The Balaban J connectivity index is 2.43. The fraction of sp³-hybridized carbons (Fsp3) is 0.278. The van der Waals surface area contributed by atoms with Gasteiger partial charge in [-0.2, -0.15) is 0 Å². The zero-order chi connectivity index (χ0) is 17.9. The minimum Gasteiger partial charge on any atom is -0.508 e. The summed E-state index contributed by atoms with van der Waals surface area (Å²) in [5.41, 5.74) is 1.30. The van der Waals surface area contributed by atoms with E-state index in [9.17, 15) is 19.5 Å². The third kappa shape index (κ3) is 8.33. The van der Waals surface area contributed by atoms with Gasteiger partial charge in [-0.25, -0.2) is 0 Å². The first kappa shape index (κ1) is 19.7. The number of aromatic hydroxyl groups is 1. The summed E-state index contributed by atoms with van der Waals surface area (Å²) in [7, 11) is 0. The third-order valence-electron chi connectivity index (χ3n) is 2.99. The highest BCUT2D eigenvalue weighted by Gasteiger charge is 2.11. The van der Waals surface area contributed by atoms with Gasteiger partial charge < -0.3 is 10.4 Å². The number of amides is 1. The van der Waals surface area contributed by atoms with Crippen LogP contribution in [0.25, 0.3) is 6.08 Å². The van der Waals surface area contributed by atoms with Gasteiger partial charge in [0, 0.05) is 19.2 Å². The van der Waals surface area contributed by atoms with E-state index in [0.29, 0.717) is 17.9 Å². The van der Waals surface area contributed by atoms with Crippen LogP contribution >= 0.6 is 11.8 Å². The first-order valence-electron chi connectivity index (χ1n) is 7.45. The van der Waals surface area contributed by atoms with Gasteiger partial charge in [-0.05, 0) is 30.2 Å². The zero-order valence-electron chi connectivity index (χ0n) is 13.7. The molecule has 0 aliphatic rings. The van der Waals surface area contributed by atoms with Gasteiger partial charge in [-0.3, -0.25) is 14.4 Å². The second kappa shape index (κ2) is 10.4. The largest absolute Gasteiger partial charge is 0.508 e. The number of carbonyl (C=O) groups is 3. The average Bonchev–Trinajstić information content (AvgIpc) is 2.51. The van der Waals surface area contributed by atoms with Crippen molar-refractivity contribution in [3.8, 4) is 5.75 Å². The minimum atomic E-state index is -0.229. The van der Waals surface area contributed by atoms with Gasteiger partial charge in [-0.1, -0.05) is 42.1 Å². The van der Waals surface area contributed by atoms with E-state index in [0.717, 1.165) is 17.3 Å². The molecule has 6 heteroatoms. The van der Waals surface area contributed by atoms with Gasteiger partial charge in [0.2, 0.25) is 5.91 Å². The highest BCUT2D eigenvalue weighted by Crippen LogP contribution is 2.13. The van der Waals surface area contributed by atoms with E-state index in [1.165, 1.54) is 6.92 Å². The molecule has 0 saturated carbocycles. The molecule has 1 rings (SSSR count). The molecule has 1 aromatic carbocycles. The highest BCUT2D eigenvalue weighted by atomic mass is 32.2. The van der Waals surface area contributed by atoms with Crippen LogP contribution in [0.1, 0.15) is 25.8 Å². The molecular weight excluding hydrogens is 326 g/mol. The number of nitrogens with one attached hydrogen (secondary N) is 1. The Bertz CT molecular complexity index is 665. The number of phenols is 1. The average molecular weight is 347 g/mol. The number of phenolic OH excluding ortho intramolecular Hbond substituents is 1. The molecule has 0 aliphatic carbocycles. The molecule has 1 aromatic rings. The predicted molar refractivity (Wildman–Crippen MR) is 96.7 cm³/mol. The number of rotatable bonds is 8. The predicted octanol–water partition coefficient (Wildman–Crippen LogP) is 2.71. The van der Waals surface area contributed by atoms with Crippen LogP contribution in [0, 0.1) is 0 Å². The number of benzene rings is 1. The van der Waals surface area contributed by atoms with Crippen LogP contribution in [0.3, 0.4) is 0 Å². The van der Waals surface area contributed by atoms with E-state index in [1.807, 2.05) is 6.07 Å². The van der Waals surface area contributed by atoms with Gasteiger partial charge in [-0.15, -0.1) is 0 Å². The van der Waals surface area contributed by atoms with Crippen LogP contribution in [0.4, 0.5) is 0 Å². The Labute approximate surface area is 145 Å². The summed E-state index contributed by atoms with van der Waals surface area (Å²) < 4.78 is 0. The van der Waals surface area contributed by atoms with Crippen molar-refractivity contribution in [3.63, 3.8) is 0 Å². The molecule has 0 bridgehead atoms. The quantitative estimate of drug-likeness (QED) is 0.327. The molecule has 0 aromatic heterocycles. The lowest BCUT2D eigenvalue weighted by atomic mass is 10.1. The lowest BCUT2D eigenvalue weighted by molar-refractivity contribution is -0.121. The molecule has 0 aliphatic heterocycles. The van der Waals surface area contributed by atoms with Crippen molar-refractivity contribution >= 4 is 34.6 Å². The van der Waals surface area contributed by atoms with Crippen molar-refractivity contribution in [3.05, 3.63) is 47.6 Å². The monoisotopic (exact) mass is 347 g/mol. The van der Waals surface area contributed by atoms with E-state index in [2.05, 4.69) is 5.32 Å². The van der Waals surface area contributed by atoms with Gasteiger partial charge in [0.1, 0.15) is 5.75 Å². The number of hydrogen-bond donors (Lipinski definition) is 2. The molecule has 5 nitrogen and oxygen atoms in total. The lowest BCUT2D eigenvalue weighted by Gasteiger charge is -2.02. The van der Waals surface area contributed by atoms with Gasteiger partial charge in [0.15, 0.2) is 10.9 Å². The Hall–Kier alpha value is -2.34.